The van der Waals surface area contributed by atoms with E-state index in [1.54, 1.807) is 37.1 Å². The van der Waals surface area contributed by atoms with Gasteiger partial charge in [-0.1, -0.05) is 6.92 Å². The Kier molecular flexibility index (Phi) is 7.34. The van der Waals surface area contributed by atoms with Crippen LogP contribution >= 0.6 is 11.8 Å². The summed E-state index contributed by atoms with van der Waals surface area (Å²) in [7, 11) is 0. The van der Waals surface area contributed by atoms with Crippen LogP contribution in [0.15, 0.2) is 30.7 Å². The Bertz CT molecular complexity index is 810. The van der Waals surface area contributed by atoms with E-state index in [1.165, 1.54) is 17.1 Å². The summed E-state index contributed by atoms with van der Waals surface area (Å²) >= 11 is 1.12. The van der Waals surface area contributed by atoms with Crippen LogP contribution in [0.5, 0.6) is 0 Å². The summed E-state index contributed by atoms with van der Waals surface area (Å²) < 4.78 is 38.9. The summed E-state index contributed by atoms with van der Waals surface area (Å²) in [6.45, 7) is 5.70. The van der Waals surface area contributed by atoms with Crippen LogP contribution in [-0.4, -0.2) is 39.9 Å². The third-order valence-electron chi connectivity index (χ3n) is 4.09. The lowest BCUT2D eigenvalue weighted by Gasteiger charge is -2.23. The molecule has 1 amide bonds. The summed E-state index contributed by atoms with van der Waals surface area (Å²) in [5.74, 6) is -0.348. The molecule has 1 unspecified atom stereocenters. The number of nitrogens with zero attached hydrogens (tertiary/aromatic N) is 4. The summed E-state index contributed by atoms with van der Waals surface area (Å²) in [5.41, 5.74) is 1.79. The first-order valence-corrected chi connectivity index (χ1v) is 9.99. The fraction of sp³-hybridized carbons (Fsp3) is 0.500. The second-order valence-electron chi connectivity index (χ2n) is 6.39. The second-order valence-corrected chi connectivity index (χ2v) is 7.54. The van der Waals surface area contributed by atoms with Crippen LogP contribution in [0.4, 0.5) is 18.9 Å². The molecule has 6 nitrogen and oxygen atoms in total. The quantitative estimate of drug-likeness (QED) is 0.375. The van der Waals surface area contributed by atoms with Crippen molar-refractivity contribution in [1.82, 2.24) is 9.78 Å². The van der Waals surface area contributed by atoms with E-state index in [9.17, 15) is 23.2 Å². The van der Waals surface area contributed by atoms with Crippen LogP contribution in [-0.2, 0) is 4.79 Å². The van der Waals surface area contributed by atoms with Gasteiger partial charge < -0.3 is 10.1 Å². The smallest absolute Gasteiger partial charge is 0.389 e. The Morgan fingerprint density at radius 2 is 2.18 bits per heavy atom. The lowest BCUT2D eigenvalue weighted by atomic mass is 10.1. The molecule has 10 heteroatoms. The zero-order valence-corrected chi connectivity index (χ0v) is 16.8. The third-order valence-corrected chi connectivity index (χ3v) is 5.32. The molecule has 0 aromatic carbocycles. The molecule has 154 valence electrons. The van der Waals surface area contributed by atoms with Crippen LogP contribution in [0.25, 0.3) is 5.69 Å². The highest BCUT2D eigenvalue weighted by molar-refractivity contribution is 7.99. The lowest BCUT2D eigenvalue weighted by Crippen LogP contribution is -2.36. The number of hydrogen-bond donors (Lipinski definition) is 0. The summed E-state index contributed by atoms with van der Waals surface area (Å²) in [5, 5.41) is 15.8. The number of anilines is 1. The highest BCUT2D eigenvalue weighted by Crippen LogP contribution is 2.25. The zero-order valence-electron chi connectivity index (χ0n) is 15.9. The van der Waals surface area contributed by atoms with Crippen molar-refractivity contribution >= 4 is 23.4 Å². The number of rotatable bonds is 8. The van der Waals surface area contributed by atoms with E-state index in [-0.39, 0.29) is 11.7 Å². The topological polar surface area (TPSA) is 65.1 Å². The van der Waals surface area contributed by atoms with Crippen molar-refractivity contribution < 1.29 is 22.7 Å². The van der Waals surface area contributed by atoms with E-state index in [4.69, 9.17) is 0 Å². The van der Waals surface area contributed by atoms with Gasteiger partial charge in [-0.05, 0) is 19.9 Å². The number of thioether (sulfide) groups is 1. The van der Waals surface area contributed by atoms with E-state index in [0.717, 1.165) is 11.8 Å². The zero-order chi connectivity index (χ0) is 20.9. The fourth-order valence-electron chi connectivity index (χ4n) is 2.66. The number of carbonyl (C=O) groups excluding carboxylic acids is 1. The fourth-order valence-corrected chi connectivity index (χ4v) is 3.70. The van der Waals surface area contributed by atoms with E-state index in [0.29, 0.717) is 34.1 Å². The van der Waals surface area contributed by atoms with Crippen LogP contribution in [0, 0.1) is 18.0 Å². The van der Waals surface area contributed by atoms with E-state index >= 15 is 0 Å². The molecule has 0 aliphatic heterocycles. The standard InChI is InChI=1S/C18H23F3N4O2S/c1-4-24(17(26)13(2)12-28-9-7-18(19,20)21)16-11-25(22-14(16)3)15-6-5-8-23(27)10-15/h5-6,8,10-11,13H,4,7,9,12H2,1-3H3. The Balaban J connectivity index is 2.08. The first-order valence-electron chi connectivity index (χ1n) is 8.83. The normalized spacial score (nSPS) is 12.8. The molecule has 1 atom stereocenters. The van der Waals surface area contributed by atoms with Crippen LogP contribution in [0.3, 0.4) is 0 Å². The van der Waals surface area contributed by atoms with Crippen molar-refractivity contribution in [3.63, 3.8) is 0 Å². The molecule has 2 aromatic rings. The molecular formula is C18H23F3N4O2S. The number of amides is 1. The number of aromatic nitrogens is 3. The van der Waals surface area contributed by atoms with E-state index < -0.39 is 18.5 Å². The van der Waals surface area contributed by atoms with Gasteiger partial charge in [0.1, 0.15) is 5.69 Å². The Morgan fingerprint density at radius 3 is 2.79 bits per heavy atom. The number of halogens is 3. The number of carbonyl (C=O) groups is 1. The SMILES string of the molecule is CCN(C(=O)C(C)CSCCC(F)(F)F)c1cn(-c2ccc[n+]([O-])c2)nc1C. The Labute approximate surface area is 165 Å². The highest BCUT2D eigenvalue weighted by Gasteiger charge is 2.27. The minimum Gasteiger partial charge on any atom is -0.619 e. The maximum absolute atomic E-state index is 12.8. The second kappa shape index (κ2) is 9.31. The maximum Gasteiger partial charge on any atom is 0.389 e. The van der Waals surface area contributed by atoms with Crippen LogP contribution in [0.1, 0.15) is 26.0 Å². The molecule has 0 aliphatic rings. The summed E-state index contributed by atoms with van der Waals surface area (Å²) in [4.78, 5) is 14.4. The van der Waals surface area contributed by atoms with Crippen molar-refractivity contribution in [2.45, 2.75) is 33.4 Å². The molecule has 0 aliphatic carbocycles. The largest absolute Gasteiger partial charge is 0.619 e. The maximum atomic E-state index is 12.8. The van der Waals surface area contributed by atoms with Gasteiger partial charge in [-0.3, -0.25) is 4.79 Å². The molecule has 28 heavy (non-hydrogen) atoms. The van der Waals surface area contributed by atoms with Crippen molar-refractivity contribution in [2.75, 3.05) is 23.0 Å². The molecule has 0 bridgehead atoms. The van der Waals surface area contributed by atoms with Gasteiger partial charge in [-0.15, -0.1) is 0 Å². The van der Waals surface area contributed by atoms with Gasteiger partial charge in [0, 0.05) is 30.0 Å². The molecule has 0 saturated heterocycles. The van der Waals surface area contributed by atoms with Crippen LogP contribution < -0.4 is 9.63 Å². The first kappa shape index (κ1) is 22.1. The van der Waals surface area contributed by atoms with Crippen molar-refractivity contribution in [2.24, 2.45) is 5.92 Å². The molecule has 0 N–H and O–H groups in total. The number of hydrogen-bond acceptors (Lipinski definition) is 4. The van der Waals surface area contributed by atoms with Gasteiger partial charge in [-0.2, -0.15) is 34.8 Å². The minimum absolute atomic E-state index is 0.0621. The Morgan fingerprint density at radius 1 is 1.46 bits per heavy atom. The Hall–Kier alpha value is -2.23. The average Bonchev–Trinajstić information content (AvgIpc) is 3.00. The van der Waals surface area contributed by atoms with Crippen molar-refractivity contribution in [3.8, 4) is 5.69 Å². The van der Waals surface area contributed by atoms with Gasteiger partial charge in [0.05, 0.1) is 24.0 Å². The minimum atomic E-state index is -4.18. The molecule has 2 rings (SSSR count). The van der Waals surface area contributed by atoms with Gasteiger partial charge >= 0.3 is 6.18 Å². The molecule has 0 saturated carbocycles. The molecular weight excluding hydrogens is 393 g/mol. The highest BCUT2D eigenvalue weighted by atomic mass is 32.2. The van der Waals surface area contributed by atoms with Crippen molar-refractivity contribution in [3.05, 3.63) is 41.6 Å². The number of aryl methyl sites for hydroxylation is 1. The molecule has 0 fully saturated rings. The van der Waals surface area contributed by atoms with Gasteiger partial charge in [0.15, 0.2) is 6.20 Å². The third kappa shape index (κ3) is 5.88. The van der Waals surface area contributed by atoms with Crippen molar-refractivity contribution in [1.29, 1.82) is 0 Å². The molecule has 0 radical (unpaired) electrons. The van der Waals surface area contributed by atoms with Gasteiger partial charge in [0.2, 0.25) is 12.1 Å². The molecule has 2 aromatic heterocycles. The lowest BCUT2D eigenvalue weighted by molar-refractivity contribution is -0.605. The molecule has 2 heterocycles. The van der Waals surface area contributed by atoms with Gasteiger partial charge in [0.25, 0.3) is 0 Å². The van der Waals surface area contributed by atoms with E-state index in [1.807, 2.05) is 6.92 Å². The van der Waals surface area contributed by atoms with Gasteiger partial charge in [-0.25, -0.2) is 4.68 Å². The summed E-state index contributed by atoms with van der Waals surface area (Å²) in [6, 6.07) is 3.32. The predicted molar refractivity (Wildman–Crippen MR) is 102 cm³/mol. The van der Waals surface area contributed by atoms with Crippen LogP contribution in [0.2, 0.25) is 0 Å². The molecule has 0 spiro atoms. The monoisotopic (exact) mass is 416 g/mol. The number of alkyl halides is 3. The predicted octanol–water partition coefficient (Wildman–Crippen LogP) is 3.49. The first-order chi connectivity index (χ1) is 13.1. The van der Waals surface area contributed by atoms with E-state index in [2.05, 4.69) is 5.10 Å². The average molecular weight is 416 g/mol. The number of pyridine rings is 1. The summed E-state index contributed by atoms with van der Waals surface area (Å²) in [6.07, 6.45) is -0.635.